The van der Waals surface area contributed by atoms with E-state index in [1.807, 2.05) is 18.2 Å². The largest absolute Gasteiger partial charge is 0.487 e. The van der Waals surface area contributed by atoms with Crippen LogP contribution in [0, 0.1) is 5.92 Å². The third-order valence-corrected chi connectivity index (χ3v) is 3.80. The van der Waals surface area contributed by atoms with Crippen molar-refractivity contribution in [1.29, 1.82) is 0 Å². The van der Waals surface area contributed by atoms with Gasteiger partial charge in [0.25, 0.3) is 5.91 Å². The molecule has 3 rings (SSSR count). The van der Waals surface area contributed by atoms with Gasteiger partial charge in [0.2, 0.25) is 0 Å². The highest BCUT2D eigenvalue weighted by atomic mass is 16.5. The number of benzene rings is 1. The van der Waals surface area contributed by atoms with Crippen LogP contribution in [0.4, 0.5) is 0 Å². The molecule has 1 N–H and O–H groups in total. The van der Waals surface area contributed by atoms with Crippen LogP contribution in [0.5, 0.6) is 5.75 Å². The molecule has 0 radical (unpaired) electrons. The van der Waals surface area contributed by atoms with Gasteiger partial charge in [0.1, 0.15) is 12.4 Å². The van der Waals surface area contributed by atoms with Crippen LogP contribution in [0.1, 0.15) is 22.5 Å². The first kappa shape index (κ1) is 15.5. The summed E-state index contributed by atoms with van der Waals surface area (Å²) in [5, 5.41) is 2.95. The van der Waals surface area contributed by atoms with E-state index in [4.69, 9.17) is 9.47 Å². The third-order valence-electron chi connectivity index (χ3n) is 3.80. The monoisotopic (exact) mass is 312 g/mol. The van der Waals surface area contributed by atoms with Crippen molar-refractivity contribution in [3.8, 4) is 5.75 Å². The van der Waals surface area contributed by atoms with Crippen LogP contribution in [0.3, 0.4) is 0 Å². The molecule has 2 heterocycles. The van der Waals surface area contributed by atoms with E-state index >= 15 is 0 Å². The fourth-order valence-corrected chi connectivity index (χ4v) is 2.43. The number of aromatic nitrogens is 1. The average Bonchev–Trinajstić information content (AvgIpc) is 3.13. The quantitative estimate of drug-likeness (QED) is 0.890. The molecule has 5 heteroatoms. The van der Waals surface area contributed by atoms with E-state index in [0.29, 0.717) is 24.6 Å². The number of nitrogens with one attached hydrogen (secondary N) is 1. The second-order valence-corrected chi connectivity index (χ2v) is 5.57. The predicted molar refractivity (Wildman–Crippen MR) is 86.3 cm³/mol. The van der Waals surface area contributed by atoms with Crippen molar-refractivity contribution in [2.24, 2.45) is 5.92 Å². The van der Waals surface area contributed by atoms with Crippen molar-refractivity contribution < 1.29 is 14.3 Å². The highest BCUT2D eigenvalue weighted by Gasteiger charge is 2.16. The van der Waals surface area contributed by atoms with Crippen LogP contribution >= 0.6 is 0 Å². The Hall–Kier alpha value is -2.40. The van der Waals surface area contributed by atoms with Gasteiger partial charge in [-0.1, -0.05) is 6.07 Å². The van der Waals surface area contributed by atoms with Gasteiger partial charge in [-0.3, -0.25) is 9.78 Å². The minimum Gasteiger partial charge on any atom is -0.487 e. The predicted octanol–water partition coefficient (Wildman–Crippen LogP) is 2.43. The van der Waals surface area contributed by atoms with Gasteiger partial charge >= 0.3 is 0 Å². The van der Waals surface area contributed by atoms with Gasteiger partial charge in [-0.2, -0.15) is 0 Å². The molecular weight excluding hydrogens is 292 g/mol. The first-order valence-electron chi connectivity index (χ1n) is 7.80. The minimum atomic E-state index is -0.0619. The van der Waals surface area contributed by atoms with E-state index < -0.39 is 0 Å². The van der Waals surface area contributed by atoms with E-state index in [2.05, 4.69) is 10.3 Å². The Morgan fingerprint density at radius 2 is 2.13 bits per heavy atom. The number of pyridine rings is 1. The molecule has 1 atom stereocenters. The molecule has 0 saturated carbocycles. The molecule has 1 aliphatic rings. The molecule has 1 amide bonds. The molecule has 0 spiro atoms. The molecule has 1 aliphatic heterocycles. The Morgan fingerprint density at radius 1 is 1.26 bits per heavy atom. The molecule has 120 valence electrons. The van der Waals surface area contributed by atoms with E-state index in [0.717, 1.165) is 31.1 Å². The van der Waals surface area contributed by atoms with E-state index in [1.54, 1.807) is 30.5 Å². The van der Waals surface area contributed by atoms with Crippen molar-refractivity contribution in [3.63, 3.8) is 0 Å². The Labute approximate surface area is 135 Å². The zero-order valence-corrected chi connectivity index (χ0v) is 12.9. The number of rotatable bonds is 6. The topological polar surface area (TPSA) is 60.5 Å². The Morgan fingerprint density at radius 3 is 2.83 bits per heavy atom. The van der Waals surface area contributed by atoms with Crippen LogP contribution < -0.4 is 10.1 Å². The number of ether oxygens (including phenoxy) is 2. The van der Waals surface area contributed by atoms with Gasteiger partial charge in [-0.05, 0) is 42.8 Å². The van der Waals surface area contributed by atoms with Crippen molar-refractivity contribution >= 4 is 5.91 Å². The number of hydrogen-bond acceptors (Lipinski definition) is 4. The molecule has 23 heavy (non-hydrogen) atoms. The van der Waals surface area contributed by atoms with Crippen LogP contribution in [-0.2, 0) is 11.3 Å². The summed E-state index contributed by atoms with van der Waals surface area (Å²) in [5.41, 5.74) is 1.50. The highest BCUT2D eigenvalue weighted by Crippen LogP contribution is 2.14. The maximum Gasteiger partial charge on any atom is 0.251 e. The van der Waals surface area contributed by atoms with Gasteiger partial charge < -0.3 is 14.8 Å². The van der Waals surface area contributed by atoms with Gasteiger partial charge in [0, 0.05) is 30.8 Å². The standard InChI is InChI=1S/C18H20N2O3/c21-18(20-11-14-8-10-22-12-14)15-4-6-17(7-5-15)23-13-16-3-1-2-9-19-16/h1-7,9,14H,8,10-13H2,(H,20,21). The normalized spacial score (nSPS) is 17.0. The van der Waals surface area contributed by atoms with Gasteiger partial charge in [0.05, 0.1) is 12.3 Å². The van der Waals surface area contributed by atoms with Gasteiger partial charge in [-0.25, -0.2) is 0 Å². The summed E-state index contributed by atoms with van der Waals surface area (Å²) in [5.74, 6) is 1.09. The molecule has 1 aromatic carbocycles. The Kier molecular flexibility index (Phi) is 5.21. The molecule has 1 aromatic heterocycles. The average molecular weight is 312 g/mol. The highest BCUT2D eigenvalue weighted by molar-refractivity contribution is 5.94. The second kappa shape index (κ2) is 7.74. The molecule has 1 unspecified atom stereocenters. The maximum atomic E-state index is 12.1. The summed E-state index contributed by atoms with van der Waals surface area (Å²) < 4.78 is 11.0. The fourth-order valence-electron chi connectivity index (χ4n) is 2.43. The molecule has 2 aromatic rings. The zero-order valence-electron chi connectivity index (χ0n) is 12.9. The van der Waals surface area contributed by atoms with E-state index in [9.17, 15) is 4.79 Å². The first-order valence-corrected chi connectivity index (χ1v) is 7.80. The van der Waals surface area contributed by atoms with Crippen LogP contribution in [0.15, 0.2) is 48.7 Å². The third kappa shape index (κ3) is 4.53. The second-order valence-electron chi connectivity index (χ2n) is 5.57. The van der Waals surface area contributed by atoms with Crippen molar-refractivity contribution in [1.82, 2.24) is 10.3 Å². The lowest BCUT2D eigenvalue weighted by Gasteiger charge is -2.10. The summed E-state index contributed by atoms with van der Waals surface area (Å²) in [6.07, 6.45) is 2.75. The van der Waals surface area contributed by atoms with Crippen molar-refractivity contribution in [2.45, 2.75) is 13.0 Å². The Bertz CT molecular complexity index is 622. The van der Waals surface area contributed by atoms with E-state index in [-0.39, 0.29) is 5.91 Å². The number of carbonyl (C=O) groups excluding carboxylic acids is 1. The smallest absolute Gasteiger partial charge is 0.251 e. The Balaban J connectivity index is 1.49. The number of nitrogens with zero attached hydrogens (tertiary/aromatic N) is 1. The summed E-state index contributed by atoms with van der Waals surface area (Å²) in [6, 6.07) is 12.9. The lowest BCUT2D eigenvalue weighted by atomic mass is 10.1. The summed E-state index contributed by atoms with van der Waals surface area (Å²) in [6.45, 7) is 2.61. The molecule has 1 saturated heterocycles. The summed E-state index contributed by atoms with van der Waals surface area (Å²) in [7, 11) is 0. The lowest BCUT2D eigenvalue weighted by molar-refractivity contribution is 0.0945. The number of carbonyl (C=O) groups is 1. The van der Waals surface area contributed by atoms with Crippen molar-refractivity contribution in [3.05, 3.63) is 59.9 Å². The SMILES string of the molecule is O=C(NCC1CCOC1)c1ccc(OCc2ccccn2)cc1. The number of hydrogen-bond donors (Lipinski definition) is 1. The van der Waals surface area contributed by atoms with Gasteiger partial charge in [0.15, 0.2) is 0 Å². The van der Waals surface area contributed by atoms with Gasteiger partial charge in [-0.15, -0.1) is 0 Å². The molecule has 0 bridgehead atoms. The maximum absolute atomic E-state index is 12.1. The van der Waals surface area contributed by atoms with E-state index in [1.165, 1.54) is 0 Å². The van der Waals surface area contributed by atoms with Crippen LogP contribution in [0.25, 0.3) is 0 Å². The van der Waals surface area contributed by atoms with Crippen LogP contribution in [-0.4, -0.2) is 30.6 Å². The fraction of sp³-hybridized carbons (Fsp3) is 0.333. The molecule has 1 fully saturated rings. The summed E-state index contributed by atoms with van der Waals surface area (Å²) >= 11 is 0. The first-order chi connectivity index (χ1) is 11.3. The molecule has 5 nitrogen and oxygen atoms in total. The minimum absolute atomic E-state index is 0.0619. The molecular formula is C18H20N2O3. The number of amides is 1. The summed E-state index contributed by atoms with van der Waals surface area (Å²) in [4.78, 5) is 16.3. The van der Waals surface area contributed by atoms with Crippen LogP contribution in [0.2, 0.25) is 0 Å². The van der Waals surface area contributed by atoms with Crippen molar-refractivity contribution in [2.75, 3.05) is 19.8 Å². The molecule has 0 aliphatic carbocycles. The zero-order chi connectivity index (χ0) is 15.9. The lowest BCUT2D eigenvalue weighted by Crippen LogP contribution is -2.29.